The van der Waals surface area contributed by atoms with Gasteiger partial charge in [-0.25, -0.2) is 0 Å². The normalized spacial score (nSPS) is 23.5. The summed E-state index contributed by atoms with van der Waals surface area (Å²) in [6.07, 6.45) is 2.90. The van der Waals surface area contributed by atoms with Gasteiger partial charge in [0.25, 0.3) is 0 Å². The van der Waals surface area contributed by atoms with Gasteiger partial charge in [0.05, 0.1) is 18.2 Å². The van der Waals surface area contributed by atoms with Crippen molar-refractivity contribution in [2.75, 3.05) is 20.2 Å². The van der Waals surface area contributed by atoms with Gasteiger partial charge in [-0.15, -0.1) is 0 Å². The number of likely N-dealkylation sites (tertiary alicyclic amines) is 1. The smallest absolute Gasteiger partial charge is 0.246 e. The summed E-state index contributed by atoms with van der Waals surface area (Å²) < 4.78 is 6.10. The molecular formula is C27H42N4O4. The molecule has 0 spiro atoms. The van der Waals surface area contributed by atoms with Crippen LogP contribution in [0.25, 0.3) is 0 Å². The van der Waals surface area contributed by atoms with E-state index in [2.05, 4.69) is 28.9 Å². The summed E-state index contributed by atoms with van der Waals surface area (Å²) in [6.45, 7) is 10.7. The van der Waals surface area contributed by atoms with Crippen LogP contribution < -0.4 is 16.0 Å². The third-order valence-corrected chi connectivity index (χ3v) is 7.08. The number of nitrogens with one attached hydrogen (secondary N) is 3. The monoisotopic (exact) mass is 486 g/mol. The van der Waals surface area contributed by atoms with Gasteiger partial charge in [-0.2, -0.15) is 0 Å². The van der Waals surface area contributed by atoms with E-state index in [4.69, 9.17) is 4.74 Å². The average molecular weight is 487 g/mol. The van der Waals surface area contributed by atoms with Gasteiger partial charge in [0.15, 0.2) is 0 Å². The molecule has 3 rings (SSSR count). The van der Waals surface area contributed by atoms with Crippen molar-refractivity contribution in [3.05, 3.63) is 35.4 Å². The van der Waals surface area contributed by atoms with Crippen LogP contribution in [-0.2, 0) is 25.5 Å². The quantitative estimate of drug-likeness (QED) is 0.498. The minimum atomic E-state index is -0.730. The Kier molecular flexibility index (Phi) is 8.94. The molecule has 1 aliphatic carbocycles. The molecule has 1 aromatic rings. The zero-order chi connectivity index (χ0) is 25.8. The van der Waals surface area contributed by atoms with Crippen LogP contribution in [0.2, 0.25) is 0 Å². The number of carbonyl (C=O) groups is 3. The molecule has 0 bridgehead atoms. The first-order valence-electron chi connectivity index (χ1n) is 12.9. The predicted octanol–water partition coefficient (Wildman–Crippen LogP) is 2.33. The molecule has 0 saturated carbocycles. The van der Waals surface area contributed by atoms with Crippen LogP contribution in [0.3, 0.4) is 0 Å². The van der Waals surface area contributed by atoms with Crippen LogP contribution in [-0.4, -0.2) is 67.1 Å². The third kappa shape index (κ3) is 6.22. The maximum Gasteiger partial charge on any atom is 0.246 e. The number of hydrogen-bond acceptors (Lipinski definition) is 5. The number of fused-ring (bicyclic) bond motifs is 1. The van der Waals surface area contributed by atoms with Gasteiger partial charge in [0, 0.05) is 19.6 Å². The van der Waals surface area contributed by atoms with Crippen LogP contribution >= 0.6 is 0 Å². The lowest BCUT2D eigenvalue weighted by Crippen LogP contribution is -2.59. The van der Waals surface area contributed by atoms with E-state index >= 15 is 0 Å². The predicted molar refractivity (Wildman–Crippen MR) is 136 cm³/mol. The van der Waals surface area contributed by atoms with Gasteiger partial charge in [-0.3, -0.25) is 14.4 Å². The summed E-state index contributed by atoms with van der Waals surface area (Å²) in [4.78, 5) is 41.5. The van der Waals surface area contributed by atoms with Gasteiger partial charge < -0.3 is 25.6 Å². The molecule has 1 fully saturated rings. The highest BCUT2D eigenvalue weighted by Crippen LogP contribution is 2.34. The maximum absolute atomic E-state index is 13.7. The largest absolute Gasteiger partial charge is 0.375 e. The summed E-state index contributed by atoms with van der Waals surface area (Å²) >= 11 is 0. The molecule has 35 heavy (non-hydrogen) atoms. The third-order valence-electron chi connectivity index (χ3n) is 7.08. The van der Waals surface area contributed by atoms with E-state index in [1.54, 1.807) is 18.9 Å². The molecule has 194 valence electrons. The first-order valence-corrected chi connectivity index (χ1v) is 12.9. The number of rotatable bonds is 9. The highest BCUT2D eigenvalue weighted by Gasteiger charge is 2.43. The Hall–Kier alpha value is -2.45. The lowest BCUT2D eigenvalue weighted by molar-refractivity contribution is -0.144. The number of nitrogens with zero attached hydrogens (tertiary/aromatic N) is 1. The molecule has 2 aliphatic rings. The van der Waals surface area contributed by atoms with E-state index in [-0.39, 0.29) is 29.9 Å². The molecule has 8 heteroatoms. The van der Waals surface area contributed by atoms with Gasteiger partial charge in [-0.1, -0.05) is 52.0 Å². The Morgan fingerprint density at radius 1 is 1.20 bits per heavy atom. The molecule has 1 heterocycles. The topological polar surface area (TPSA) is 99.8 Å². The molecule has 1 aromatic carbocycles. The first kappa shape index (κ1) is 27.1. The van der Waals surface area contributed by atoms with E-state index < -0.39 is 23.5 Å². The highest BCUT2D eigenvalue weighted by molar-refractivity contribution is 5.94. The van der Waals surface area contributed by atoms with Crippen LogP contribution in [0.4, 0.5) is 0 Å². The van der Waals surface area contributed by atoms with Crippen molar-refractivity contribution < 1.29 is 19.1 Å². The lowest BCUT2D eigenvalue weighted by atomic mass is 9.85. The molecular weight excluding hydrogens is 444 g/mol. The van der Waals surface area contributed by atoms with Gasteiger partial charge in [-0.05, 0) is 49.8 Å². The van der Waals surface area contributed by atoms with Crippen molar-refractivity contribution in [3.63, 3.8) is 0 Å². The zero-order valence-electron chi connectivity index (χ0n) is 22.0. The molecule has 3 N–H and O–H groups in total. The Labute approximate surface area is 209 Å². The summed E-state index contributed by atoms with van der Waals surface area (Å²) in [6, 6.07) is 6.16. The minimum Gasteiger partial charge on any atom is -0.375 e. The fraction of sp³-hybridized carbons (Fsp3) is 0.667. The van der Waals surface area contributed by atoms with Crippen molar-refractivity contribution in [2.24, 2.45) is 5.41 Å². The number of hydrogen-bond donors (Lipinski definition) is 3. The first-order chi connectivity index (χ1) is 16.6. The Morgan fingerprint density at radius 2 is 1.91 bits per heavy atom. The number of benzene rings is 1. The second-order valence-electron chi connectivity index (χ2n) is 10.8. The molecule has 3 amide bonds. The van der Waals surface area contributed by atoms with Crippen molar-refractivity contribution in [2.45, 2.75) is 90.6 Å². The van der Waals surface area contributed by atoms with Crippen LogP contribution in [0.1, 0.15) is 71.0 Å². The van der Waals surface area contributed by atoms with Crippen molar-refractivity contribution >= 4 is 17.7 Å². The second-order valence-corrected chi connectivity index (χ2v) is 10.8. The molecule has 8 nitrogen and oxygen atoms in total. The Bertz CT molecular complexity index is 913. The van der Waals surface area contributed by atoms with E-state index in [0.29, 0.717) is 19.6 Å². The summed E-state index contributed by atoms with van der Waals surface area (Å²) in [7, 11) is 1.71. The zero-order valence-corrected chi connectivity index (χ0v) is 22.0. The number of carbonyl (C=O) groups excluding carboxylic acids is 3. The molecule has 5 atom stereocenters. The summed E-state index contributed by atoms with van der Waals surface area (Å²) in [5, 5.41) is 9.04. The number of likely N-dealkylation sites (N-methyl/N-ethyl adjacent to an activating group) is 1. The van der Waals surface area contributed by atoms with Gasteiger partial charge in [0.1, 0.15) is 12.1 Å². The lowest BCUT2D eigenvalue weighted by Gasteiger charge is -2.36. The van der Waals surface area contributed by atoms with Gasteiger partial charge >= 0.3 is 0 Å². The maximum atomic E-state index is 13.7. The molecule has 0 aromatic heterocycles. The standard InChI is InChI=1S/C27H42N4O4/c1-7-15-35-21-16-18-11-8-9-12-19(18)22(21)29-25(33)20-13-10-14-31(20)26(34)23(27(3,4)5)30-24(32)17(2)28-6/h8-9,11-12,17,20-23,28H,7,10,13-16H2,1-6H3,(H,29,33)(H,30,32)/t17-,20-,21+,22-,23+/m0/s1. The van der Waals surface area contributed by atoms with Crippen molar-refractivity contribution in [3.8, 4) is 0 Å². The fourth-order valence-electron chi connectivity index (χ4n) is 4.92. The molecule has 1 aliphatic heterocycles. The van der Waals surface area contributed by atoms with E-state index in [1.807, 2.05) is 39.0 Å². The van der Waals surface area contributed by atoms with Crippen LogP contribution in [0, 0.1) is 5.41 Å². The van der Waals surface area contributed by atoms with E-state index in [0.717, 1.165) is 24.8 Å². The minimum absolute atomic E-state index is 0.119. The number of ether oxygens (including phenoxy) is 1. The average Bonchev–Trinajstić information content (AvgIpc) is 3.44. The SMILES string of the molecule is CCCO[C@@H]1Cc2ccccc2[C@@H]1NC(=O)[C@@H]1CCCN1C(=O)[C@@H](NC(=O)[C@H](C)NC)C(C)(C)C. The van der Waals surface area contributed by atoms with Gasteiger partial charge in [0.2, 0.25) is 17.7 Å². The molecule has 0 unspecified atom stereocenters. The van der Waals surface area contributed by atoms with Crippen molar-refractivity contribution in [1.82, 2.24) is 20.9 Å². The summed E-state index contributed by atoms with van der Waals surface area (Å²) in [5.41, 5.74) is 1.76. The Balaban J connectivity index is 1.77. The Morgan fingerprint density at radius 3 is 2.57 bits per heavy atom. The summed E-state index contributed by atoms with van der Waals surface area (Å²) in [5.74, 6) is -0.609. The number of amides is 3. The fourth-order valence-corrected chi connectivity index (χ4v) is 4.92. The van der Waals surface area contributed by atoms with Crippen LogP contribution in [0.15, 0.2) is 24.3 Å². The highest BCUT2D eigenvalue weighted by atomic mass is 16.5. The van der Waals surface area contributed by atoms with E-state index in [9.17, 15) is 14.4 Å². The second kappa shape index (κ2) is 11.5. The molecule has 0 radical (unpaired) electrons. The van der Waals surface area contributed by atoms with E-state index in [1.165, 1.54) is 5.56 Å². The van der Waals surface area contributed by atoms with Crippen LogP contribution in [0.5, 0.6) is 0 Å². The van der Waals surface area contributed by atoms with Crippen molar-refractivity contribution in [1.29, 1.82) is 0 Å². The molecule has 1 saturated heterocycles.